The van der Waals surface area contributed by atoms with Gasteiger partial charge in [0.2, 0.25) is 5.75 Å². The van der Waals surface area contributed by atoms with Crippen molar-refractivity contribution in [1.82, 2.24) is 29.6 Å². The van der Waals surface area contributed by atoms with Gasteiger partial charge in [-0.2, -0.15) is 0 Å². The molecule has 2 N–H and O–H groups in total. The first-order chi connectivity index (χ1) is 17.8. The highest BCUT2D eigenvalue weighted by Gasteiger charge is 2.47. The second-order valence-electron chi connectivity index (χ2n) is 10.4. The standard InChI is InChI=1S/C26H33FN6O5/c1-15-12-16(6-9-18(15)27)13-28-21(35)19-20(34)22(36)33-11-10-32(17-7-8-17)14-26(2,25(33)29-19)31(5)24(38)23(37)30(3)4/h6,9,12,17,34H,7-8,10-11,13-14H2,1-5H3,(H,28,35). The third kappa shape index (κ3) is 5.00. The van der Waals surface area contributed by atoms with Gasteiger partial charge in [0.15, 0.2) is 5.69 Å². The number of nitrogens with one attached hydrogen (secondary N) is 1. The smallest absolute Gasteiger partial charge is 0.312 e. The summed E-state index contributed by atoms with van der Waals surface area (Å²) in [6.07, 6.45) is 1.95. The number of hydrogen-bond donors (Lipinski definition) is 2. The molecule has 11 nitrogen and oxygen atoms in total. The number of nitrogens with zero attached hydrogens (tertiary/aromatic N) is 5. The van der Waals surface area contributed by atoms with Gasteiger partial charge in [-0.15, -0.1) is 0 Å². The molecule has 1 aromatic heterocycles. The Morgan fingerprint density at radius 3 is 2.47 bits per heavy atom. The van der Waals surface area contributed by atoms with E-state index in [0.717, 1.165) is 12.8 Å². The average molecular weight is 529 g/mol. The maximum Gasteiger partial charge on any atom is 0.312 e. The third-order valence-electron chi connectivity index (χ3n) is 7.34. The topological polar surface area (TPSA) is 128 Å². The van der Waals surface area contributed by atoms with Crippen LogP contribution >= 0.6 is 0 Å². The van der Waals surface area contributed by atoms with Gasteiger partial charge in [-0.05, 0) is 43.9 Å². The summed E-state index contributed by atoms with van der Waals surface area (Å²) in [6, 6.07) is 4.68. The lowest BCUT2D eigenvalue weighted by Crippen LogP contribution is -2.56. The molecule has 1 aromatic carbocycles. The highest BCUT2D eigenvalue weighted by molar-refractivity contribution is 6.34. The van der Waals surface area contributed by atoms with Gasteiger partial charge < -0.3 is 20.2 Å². The number of aromatic nitrogens is 2. The zero-order valence-corrected chi connectivity index (χ0v) is 22.2. The van der Waals surface area contributed by atoms with Gasteiger partial charge in [0.05, 0.1) is 0 Å². The molecule has 3 amide bonds. The van der Waals surface area contributed by atoms with Crippen molar-refractivity contribution in [2.45, 2.75) is 51.4 Å². The number of aryl methyl sites for hydroxylation is 1. The lowest BCUT2D eigenvalue weighted by molar-refractivity contribution is -0.153. The predicted molar refractivity (Wildman–Crippen MR) is 136 cm³/mol. The van der Waals surface area contributed by atoms with Crippen LogP contribution in [0, 0.1) is 12.7 Å². The van der Waals surface area contributed by atoms with E-state index in [2.05, 4.69) is 15.2 Å². The number of likely N-dealkylation sites (N-methyl/N-ethyl adjacent to an activating group) is 2. The van der Waals surface area contributed by atoms with Gasteiger partial charge in [0, 0.05) is 53.4 Å². The van der Waals surface area contributed by atoms with Crippen molar-refractivity contribution in [3.63, 3.8) is 0 Å². The SMILES string of the molecule is Cc1cc(CNC(=O)c2nc3n(c(=O)c2O)CCN(C2CC2)CC3(C)N(C)C(=O)C(=O)N(C)C)ccc1F. The molecule has 1 aliphatic heterocycles. The number of rotatable bonds is 5. The molecule has 12 heteroatoms. The molecule has 204 valence electrons. The zero-order chi connectivity index (χ0) is 27.9. The minimum atomic E-state index is -1.27. The van der Waals surface area contributed by atoms with Crippen LogP contribution in [0.15, 0.2) is 23.0 Å². The molecule has 1 unspecified atom stereocenters. The van der Waals surface area contributed by atoms with Gasteiger partial charge in [-0.25, -0.2) is 9.37 Å². The highest BCUT2D eigenvalue weighted by Crippen LogP contribution is 2.35. The van der Waals surface area contributed by atoms with Crippen molar-refractivity contribution in [1.29, 1.82) is 0 Å². The molecule has 0 saturated heterocycles. The molecule has 2 aliphatic rings. The van der Waals surface area contributed by atoms with Crippen molar-refractivity contribution in [2.75, 3.05) is 34.2 Å². The second-order valence-corrected chi connectivity index (χ2v) is 10.4. The average Bonchev–Trinajstić information content (AvgIpc) is 3.73. The number of benzene rings is 1. The van der Waals surface area contributed by atoms with Crippen LogP contribution < -0.4 is 10.9 Å². The third-order valence-corrected chi connectivity index (χ3v) is 7.34. The van der Waals surface area contributed by atoms with Gasteiger partial charge >= 0.3 is 11.8 Å². The summed E-state index contributed by atoms with van der Waals surface area (Å²) in [7, 11) is 4.42. The molecule has 38 heavy (non-hydrogen) atoms. The van der Waals surface area contributed by atoms with Gasteiger partial charge in [-0.1, -0.05) is 12.1 Å². The molecule has 1 aliphatic carbocycles. The quantitative estimate of drug-likeness (QED) is 0.543. The summed E-state index contributed by atoms with van der Waals surface area (Å²) in [6.45, 7) is 4.28. The first-order valence-corrected chi connectivity index (χ1v) is 12.5. The molecule has 2 aromatic rings. The number of carbonyl (C=O) groups is 3. The zero-order valence-electron chi connectivity index (χ0n) is 22.2. The Hall–Kier alpha value is -3.80. The predicted octanol–water partition coefficient (Wildman–Crippen LogP) is 0.566. The second kappa shape index (κ2) is 10.2. The minimum absolute atomic E-state index is 0.0158. The summed E-state index contributed by atoms with van der Waals surface area (Å²) < 4.78 is 14.9. The van der Waals surface area contributed by atoms with E-state index in [0.29, 0.717) is 17.7 Å². The Kier molecular flexibility index (Phi) is 7.29. The van der Waals surface area contributed by atoms with E-state index in [-0.39, 0.29) is 37.3 Å². The van der Waals surface area contributed by atoms with E-state index < -0.39 is 40.3 Å². The van der Waals surface area contributed by atoms with Crippen molar-refractivity contribution in [3.8, 4) is 5.75 Å². The Labute approximate surface area is 219 Å². The van der Waals surface area contributed by atoms with Crippen molar-refractivity contribution >= 4 is 17.7 Å². The first-order valence-electron chi connectivity index (χ1n) is 12.5. The molecule has 1 fully saturated rings. The number of aromatic hydroxyl groups is 1. The molecule has 4 rings (SSSR count). The van der Waals surface area contributed by atoms with Crippen LogP contribution in [0.4, 0.5) is 4.39 Å². The van der Waals surface area contributed by atoms with E-state index in [4.69, 9.17) is 0 Å². The molecule has 1 atom stereocenters. The van der Waals surface area contributed by atoms with E-state index in [9.17, 15) is 28.7 Å². The van der Waals surface area contributed by atoms with Gasteiger partial charge in [0.25, 0.3) is 11.5 Å². The number of carbonyl (C=O) groups excluding carboxylic acids is 3. The Balaban J connectivity index is 1.74. The molecule has 0 spiro atoms. The van der Waals surface area contributed by atoms with Gasteiger partial charge in [0.1, 0.15) is 17.2 Å². The van der Waals surface area contributed by atoms with Crippen LogP contribution in [0.1, 0.15) is 47.2 Å². The van der Waals surface area contributed by atoms with Crippen LogP contribution in [0.2, 0.25) is 0 Å². The number of fused-ring (bicyclic) bond motifs is 1. The summed E-state index contributed by atoms with van der Waals surface area (Å²) in [5, 5.41) is 13.3. The lowest BCUT2D eigenvalue weighted by Gasteiger charge is -2.40. The largest absolute Gasteiger partial charge is 0.501 e. The number of hydrogen-bond acceptors (Lipinski definition) is 7. The fraction of sp³-hybridized carbons (Fsp3) is 0.500. The molecule has 1 saturated carbocycles. The minimum Gasteiger partial charge on any atom is -0.501 e. The normalized spacial score (nSPS) is 19.3. The van der Waals surface area contributed by atoms with Crippen LogP contribution in [-0.2, 0) is 28.2 Å². The summed E-state index contributed by atoms with van der Waals surface area (Å²) in [4.78, 5) is 61.1. The highest BCUT2D eigenvalue weighted by atomic mass is 19.1. The fourth-order valence-corrected chi connectivity index (χ4v) is 4.74. The fourth-order valence-electron chi connectivity index (χ4n) is 4.74. The van der Waals surface area contributed by atoms with Crippen molar-refractivity contribution in [3.05, 3.63) is 57.0 Å². The van der Waals surface area contributed by atoms with Crippen molar-refractivity contribution in [2.24, 2.45) is 0 Å². The maximum absolute atomic E-state index is 13.6. The monoisotopic (exact) mass is 528 g/mol. The van der Waals surface area contributed by atoms with E-state index in [1.807, 2.05) is 0 Å². The Bertz CT molecular complexity index is 1350. The van der Waals surface area contributed by atoms with E-state index >= 15 is 0 Å². The van der Waals surface area contributed by atoms with Crippen LogP contribution in [0.25, 0.3) is 0 Å². The Morgan fingerprint density at radius 2 is 1.87 bits per heavy atom. The van der Waals surface area contributed by atoms with E-state index in [1.165, 1.54) is 47.6 Å². The summed E-state index contributed by atoms with van der Waals surface area (Å²) in [5.41, 5.74) is -1.51. The lowest BCUT2D eigenvalue weighted by atomic mass is 9.97. The van der Waals surface area contributed by atoms with Crippen LogP contribution in [-0.4, -0.2) is 87.4 Å². The molecule has 0 radical (unpaired) electrons. The molecular formula is C26H33FN6O5. The van der Waals surface area contributed by atoms with Crippen molar-refractivity contribution < 1.29 is 23.9 Å². The molecule has 0 bridgehead atoms. The maximum atomic E-state index is 13.6. The summed E-state index contributed by atoms with van der Waals surface area (Å²) >= 11 is 0. The Morgan fingerprint density at radius 1 is 1.18 bits per heavy atom. The summed E-state index contributed by atoms with van der Waals surface area (Å²) in [5.74, 6) is -3.40. The van der Waals surface area contributed by atoms with Gasteiger partial charge in [-0.3, -0.25) is 28.6 Å². The first kappa shape index (κ1) is 27.2. The number of amides is 3. The molecular weight excluding hydrogens is 495 g/mol. The van der Waals surface area contributed by atoms with Crippen LogP contribution in [0.3, 0.4) is 0 Å². The van der Waals surface area contributed by atoms with Crippen LogP contribution in [0.5, 0.6) is 5.75 Å². The molecule has 2 heterocycles. The number of halogens is 1. The van der Waals surface area contributed by atoms with E-state index in [1.54, 1.807) is 19.9 Å².